The van der Waals surface area contributed by atoms with Crippen molar-refractivity contribution in [2.45, 2.75) is 13.8 Å². The average molecular weight is 246 g/mol. The van der Waals surface area contributed by atoms with Gasteiger partial charge in [0.15, 0.2) is 11.6 Å². The van der Waals surface area contributed by atoms with Crippen LogP contribution >= 0.6 is 0 Å². The molecule has 0 aliphatic carbocycles. The predicted octanol–water partition coefficient (Wildman–Crippen LogP) is 2.33. The van der Waals surface area contributed by atoms with Gasteiger partial charge in [-0.2, -0.15) is 0 Å². The molecule has 94 valence electrons. The van der Waals surface area contributed by atoms with Gasteiger partial charge < -0.3 is 15.0 Å². The lowest BCUT2D eigenvalue weighted by atomic mass is 9.98. The summed E-state index contributed by atoms with van der Waals surface area (Å²) in [5.41, 5.74) is 8.79. The highest BCUT2D eigenvalue weighted by Gasteiger charge is 2.14. The van der Waals surface area contributed by atoms with Crippen LogP contribution in [0.4, 0.5) is 5.82 Å². The van der Waals surface area contributed by atoms with Crippen molar-refractivity contribution in [1.29, 1.82) is 0 Å². The molecule has 0 saturated heterocycles. The van der Waals surface area contributed by atoms with E-state index < -0.39 is 0 Å². The Bertz CT molecular complexity index is 602. The van der Waals surface area contributed by atoms with Crippen LogP contribution in [0.25, 0.3) is 11.3 Å². The summed E-state index contributed by atoms with van der Waals surface area (Å²) in [5, 5.41) is 3.65. The third-order valence-corrected chi connectivity index (χ3v) is 2.88. The van der Waals surface area contributed by atoms with E-state index in [4.69, 9.17) is 15.0 Å². The first-order valence-electron chi connectivity index (χ1n) is 5.45. The lowest BCUT2D eigenvalue weighted by Crippen LogP contribution is -2.03. The SMILES string of the molecule is COC(=O)c1cc(C)c(C)c(-c2cc(N)no2)c1. The number of hydrogen-bond donors (Lipinski definition) is 1. The highest BCUT2D eigenvalue weighted by atomic mass is 16.5. The number of ether oxygens (including phenoxy) is 1. The van der Waals surface area contributed by atoms with E-state index in [0.29, 0.717) is 17.1 Å². The maximum absolute atomic E-state index is 11.6. The van der Waals surface area contributed by atoms with E-state index in [1.165, 1.54) is 7.11 Å². The lowest BCUT2D eigenvalue weighted by Gasteiger charge is -2.08. The normalized spacial score (nSPS) is 10.4. The molecular formula is C13H14N2O3. The highest BCUT2D eigenvalue weighted by molar-refractivity contribution is 5.91. The fourth-order valence-electron chi connectivity index (χ4n) is 1.77. The molecular weight excluding hydrogens is 232 g/mol. The van der Waals surface area contributed by atoms with Crippen LogP contribution < -0.4 is 5.73 Å². The minimum absolute atomic E-state index is 0.311. The first-order chi connectivity index (χ1) is 8.52. The maximum Gasteiger partial charge on any atom is 0.337 e. The summed E-state index contributed by atoms with van der Waals surface area (Å²) in [7, 11) is 1.35. The summed E-state index contributed by atoms with van der Waals surface area (Å²) < 4.78 is 9.84. The van der Waals surface area contributed by atoms with E-state index >= 15 is 0 Å². The number of nitrogen functional groups attached to an aromatic ring is 1. The van der Waals surface area contributed by atoms with Gasteiger partial charge in [-0.1, -0.05) is 5.16 Å². The summed E-state index contributed by atoms with van der Waals surface area (Å²) >= 11 is 0. The molecule has 2 rings (SSSR count). The summed E-state index contributed by atoms with van der Waals surface area (Å²) in [6.45, 7) is 3.87. The van der Waals surface area contributed by atoms with E-state index in [-0.39, 0.29) is 5.97 Å². The molecule has 0 aliphatic rings. The third kappa shape index (κ3) is 2.07. The molecule has 5 heteroatoms. The van der Waals surface area contributed by atoms with Gasteiger partial charge in [0.25, 0.3) is 0 Å². The summed E-state index contributed by atoms with van der Waals surface area (Å²) in [4.78, 5) is 11.6. The molecule has 18 heavy (non-hydrogen) atoms. The zero-order valence-corrected chi connectivity index (χ0v) is 10.5. The van der Waals surface area contributed by atoms with Crippen LogP contribution in [0, 0.1) is 13.8 Å². The van der Waals surface area contributed by atoms with Gasteiger partial charge in [0.2, 0.25) is 0 Å². The van der Waals surface area contributed by atoms with Crippen molar-refractivity contribution < 1.29 is 14.1 Å². The number of rotatable bonds is 2. The van der Waals surface area contributed by atoms with Crippen LogP contribution in [0.3, 0.4) is 0 Å². The molecule has 0 radical (unpaired) electrons. The van der Waals surface area contributed by atoms with Crippen LogP contribution in [-0.2, 0) is 4.74 Å². The average Bonchev–Trinajstić information content (AvgIpc) is 2.78. The van der Waals surface area contributed by atoms with E-state index in [9.17, 15) is 4.79 Å². The number of hydrogen-bond acceptors (Lipinski definition) is 5. The molecule has 0 amide bonds. The largest absolute Gasteiger partial charge is 0.465 e. The van der Waals surface area contributed by atoms with Crippen LogP contribution in [0.2, 0.25) is 0 Å². The zero-order valence-electron chi connectivity index (χ0n) is 10.5. The minimum atomic E-state index is -0.383. The van der Waals surface area contributed by atoms with Crippen molar-refractivity contribution in [3.8, 4) is 11.3 Å². The van der Waals surface area contributed by atoms with Gasteiger partial charge in [-0.25, -0.2) is 4.79 Å². The minimum Gasteiger partial charge on any atom is -0.465 e. The van der Waals surface area contributed by atoms with Gasteiger partial charge in [-0.05, 0) is 37.1 Å². The molecule has 0 aliphatic heterocycles. The molecule has 0 saturated carbocycles. The maximum atomic E-state index is 11.6. The number of carbonyl (C=O) groups is 1. The third-order valence-electron chi connectivity index (χ3n) is 2.88. The molecule has 0 atom stereocenters. The Morgan fingerprint density at radius 3 is 2.61 bits per heavy atom. The van der Waals surface area contributed by atoms with Gasteiger partial charge in [0.1, 0.15) is 0 Å². The second-order valence-corrected chi connectivity index (χ2v) is 4.07. The van der Waals surface area contributed by atoms with Crippen LogP contribution in [0.1, 0.15) is 21.5 Å². The molecule has 0 unspecified atom stereocenters. The number of aryl methyl sites for hydroxylation is 1. The number of esters is 1. The van der Waals surface area contributed by atoms with Crippen molar-refractivity contribution in [1.82, 2.24) is 5.16 Å². The van der Waals surface area contributed by atoms with Crippen LogP contribution in [0.5, 0.6) is 0 Å². The monoisotopic (exact) mass is 246 g/mol. The lowest BCUT2D eigenvalue weighted by molar-refractivity contribution is 0.0600. The van der Waals surface area contributed by atoms with Crippen molar-refractivity contribution >= 4 is 11.8 Å². The zero-order chi connectivity index (χ0) is 13.3. The van der Waals surface area contributed by atoms with Crippen molar-refractivity contribution in [2.24, 2.45) is 0 Å². The number of nitrogens with two attached hydrogens (primary N) is 1. The van der Waals surface area contributed by atoms with E-state index in [0.717, 1.165) is 16.7 Å². The van der Waals surface area contributed by atoms with E-state index in [2.05, 4.69) is 5.16 Å². The van der Waals surface area contributed by atoms with Gasteiger partial charge >= 0.3 is 5.97 Å². The summed E-state index contributed by atoms with van der Waals surface area (Å²) in [5.74, 6) is 0.469. The van der Waals surface area contributed by atoms with Crippen molar-refractivity contribution in [2.75, 3.05) is 12.8 Å². The predicted molar refractivity (Wildman–Crippen MR) is 67.2 cm³/mol. The fourth-order valence-corrected chi connectivity index (χ4v) is 1.77. The molecule has 0 fully saturated rings. The number of carbonyl (C=O) groups excluding carboxylic acids is 1. The molecule has 0 spiro atoms. The number of nitrogens with zero attached hydrogens (tertiary/aromatic N) is 1. The topological polar surface area (TPSA) is 78.4 Å². The van der Waals surface area contributed by atoms with Crippen LogP contribution in [0.15, 0.2) is 22.7 Å². The second-order valence-electron chi connectivity index (χ2n) is 4.07. The number of benzene rings is 1. The van der Waals surface area contributed by atoms with Gasteiger partial charge in [-0.15, -0.1) is 0 Å². The van der Waals surface area contributed by atoms with E-state index in [1.807, 2.05) is 13.8 Å². The van der Waals surface area contributed by atoms with Gasteiger partial charge in [-0.3, -0.25) is 0 Å². The second kappa shape index (κ2) is 4.52. The standard InChI is InChI=1S/C13H14N2O3/c1-7-4-9(13(16)17-3)5-10(8(7)2)11-6-12(14)15-18-11/h4-6H,1-3H3,(H2,14,15). The molecule has 1 heterocycles. The Hall–Kier alpha value is -2.30. The first kappa shape index (κ1) is 12.2. The molecule has 5 nitrogen and oxygen atoms in total. The Kier molecular flexibility index (Phi) is 3.06. The van der Waals surface area contributed by atoms with Crippen LogP contribution in [-0.4, -0.2) is 18.2 Å². The summed E-state index contributed by atoms with van der Waals surface area (Å²) in [6, 6.07) is 5.13. The first-order valence-corrected chi connectivity index (χ1v) is 5.45. The van der Waals surface area contributed by atoms with Crippen molar-refractivity contribution in [3.63, 3.8) is 0 Å². The summed E-state index contributed by atoms with van der Waals surface area (Å²) in [6.07, 6.45) is 0. The number of aromatic nitrogens is 1. The highest BCUT2D eigenvalue weighted by Crippen LogP contribution is 2.28. The van der Waals surface area contributed by atoms with Crippen molar-refractivity contribution in [3.05, 3.63) is 34.9 Å². The Morgan fingerprint density at radius 1 is 1.33 bits per heavy atom. The molecule has 2 aromatic rings. The molecule has 2 N–H and O–H groups in total. The Balaban J connectivity index is 2.59. The van der Waals surface area contributed by atoms with E-state index in [1.54, 1.807) is 18.2 Å². The Labute approximate surface area is 105 Å². The molecule has 0 bridgehead atoms. The van der Waals surface area contributed by atoms with Gasteiger partial charge in [0, 0.05) is 11.6 Å². The number of methoxy groups -OCH3 is 1. The smallest absolute Gasteiger partial charge is 0.337 e. The quantitative estimate of drug-likeness (QED) is 0.823. The number of anilines is 1. The Morgan fingerprint density at radius 2 is 2.06 bits per heavy atom. The fraction of sp³-hybridized carbons (Fsp3) is 0.231. The molecule has 1 aromatic carbocycles. The van der Waals surface area contributed by atoms with Gasteiger partial charge in [0.05, 0.1) is 12.7 Å². The molecule has 1 aromatic heterocycles.